The van der Waals surface area contributed by atoms with E-state index in [0.29, 0.717) is 17.2 Å². The quantitative estimate of drug-likeness (QED) is 0.145. The summed E-state index contributed by atoms with van der Waals surface area (Å²) in [6.07, 6.45) is 5.64. The Kier molecular flexibility index (Phi) is 8.45. The van der Waals surface area contributed by atoms with Gasteiger partial charge in [-0.3, -0.25) is 4.68 Å². The lowest BCUT2D eigenvalue weighted by molar-refractivity contribution is 0.362. The summed E-state index contributed by atoms with van der Waals surface area (Å²) in [5, 5.41) is 25.1. The summed E-state index contributed by atoms with van der Waals surface area (Å²) >= 11 is 0. The number of hydrogen-bond donors (Lipinski definition) is 0. The molecule has 4 heterocycles. The summed E-state index contributed by atoms with van der Waals surface area (Å²) in [4.78, 5) is 13.2. The largest absolute Gasteiger partial charge is 0.424 e. The lowest BCUT2D eigenvalue weighted by Crippen LogP contribution is -2.01. The number of aryl methyl sites for hydroxylation is 1. The van der Waals surface area contributed by atoms with E-state index in [1.54, 1.807) is 41.1 Å². The smallest absolute Gasteiger partial charge is 0.331 e. The highest BCUT2D eigenvalue weighted by atomic mass is 16.5. The molecule has 7 aromatic rings. The van der Waals surface area contributed by atoms with Gasteiger partial charge in [0.25, 0.3) is 0 Å². The van der Waals surface area contributed by atoms with Crippen LogP contribution in [0.4, 0.5) is 0 Å². The van der Waals surface area contributed by atoms with E-state index in [0.717, 1.165) is 33.8 Å². The van der Waals surface area contributed by atoms with Crippen molar-refractivity contribution in [3.8, 4) is 69.1 Å². The van der Waals surface area contributed by atoms with E-state index in [9.17, 15) is 0 Å². The van der Waals surface area contributed by atoms with E-state index in [-0.39, 0.29) is 30.1 Å². The first-order valence-electron chi connectivity index (χ1n) is 15.6. The van der Waals surface area contributed by atoms with E-state index in [1.807, 2.05) is 99.1 Å². The Labute approximate surface area is 281 Å². The van der Waals surface area contributed by atoms with Crippen molar-refractivity contribution < 1.29 is 14.2 Å². The molecule has 0 saturated heterocycles. The molecule has 49 heavy (non-hydrogen) atoms. The van der Waals surface area contributed by atoms with Gasteiger partial charge in [0.15, 0.2) is 0 Å². The standard InChI is InChI=1S/C34H32N12O3/c1-21(2)45-19-30(39-42-45)24-8-14-27(15-9-24)48-33-35-32(47-26-12-6-23(7-13-26)29-18-44(5)41-38-29)36-34(37-33)49-28-16-10-25(11-17-28)31-20-46(22(3)4)43-40-31/h6-22H,1-5H3. The molecule has 15 nitrogen and oxygen atoms in total. The number of hydrogen-bond acceptors (Lipinski definition) is 12. The van der Waals surface area contributed by atoms with Gasteiger partial charge in [-0.15, -0.1) is 30.2 Å². The van der Waals surface area contributed by atoms with E-state index < -0.39 is 0 Å². The molecular weight excluding hydrogens is 624 g/mol. The van der Waals surface area contributed by atoms with Crippen LogP contribution >= 0.6 is 0 Å². The first kappa shape index (κ1) is 31.1. The first-order chi connectivity index (χ1) is 23.8. The van der Waals surface area contributed by atoms with E-state index in [1.165, 1.54) is 0 Å². The summed E-state index contributed by atoms with van der Waals surface area (Å²) in [6, 6.07) is 22.4. The van der Waals surface area contributed by atoms with Crippen molar-refractivity contribution in [2.45, 2.75) is 39.8 Å². The first-order valence-corrected chi connectivity index (χ1v) is 15.6. The van der Waals surface area contributed by atoms with Gasteiger partial charge in [-0.25, -0.2) is 9.36 Å². The minimum atomic E-state index is -0.0175. The van der Waals surface area contributed by atoms with Crippen LogP contribution in [0.25, 0.3) is 33.8 Å². The van der Waals surface area contributed by atoms with Gasteiger partial charge in [-0.05, 0) is 100 Å². The van der Waals surface area contributed by atoms with Crippen molar-refractivity contribution in [2.75, 3.05) is 0 Å². The normalized spacial score (nSPS) is 11.3. The van der Waals surface area contributed by atoms with Crippen molar-refractivity contribution in [2.24, 2.45) is 7.05 Å². The topological polar surface area (TPSA) is 158 Å². The average molecular weight is 657 g/mol. The molecule has 0 bridgehead atoms. The van der Waals surface area contributed by atoms with Crippen LogP contribution in [0, 0.1) is 0 Å². The third kappa shape index (κ3) is 7.25. The second-order valence-corrected chi connectivity index (χ2v) is 11.7. The molecule has 0 N–H and O–H groups in total. The van der Waals surface area contributed by atoms with Crippen molar-refractivity contribution >= 4 is 0 Å². The average Bonchev–Trinajstić information content (AvgIpc) is 3.88. The number of ether oxygens (including phenoxy) is 3. The maximum Gasteiger partial charge on any atom is 0.331 e. The lowest BCUT2D eigenvalue weighted by atomic mass is 10.1. The Morgan fingerprint density at radius 1 is 0.449 bits per heavy atom. The van der Waals surface area contributed by atoms with Gasteiger partial charge in [0.2, 0.25) is 0 Å². The number of aromatic nitrogens is 12. The summed E-state index contributed by atoms with van der Waals surface area (Å²) in [5.41, 5.74) is 4.92. The van der Waals surface area contributed by atoms with Gasteiger partial charge in [0.05, 0.1) is 18.6 Å². The number of nitrogens with zero attached hydrogens (tertiary/aromatic N) is 12. The van der Waals surface area contributed by atoms with Crippen molar-refractivity contribution in [3.63, 3.8) is 0 Å². The predicted octanol–water partition coefficient (Wildman–Crippen LogP) is 6.72. The van der Waals surface area contributed by atoms with Crippen LogP contribution < -0.4 is 14.2 Å². The van der Waals surface area contributed by atoms with Crippen LogP contribution in [0.3, 0.4) is 0 Å². The highest BCUT2D eigenvalue weighted by Gasteiger charge is 2.15. The van der Waals surface area contributed by atoms with Crippen LogP contribution in [0.5, 0.6) is 35.3 Å². The van der Waals surface area contributed by atoms with Crippen LogP contribution in [0.1, 0.15) is 39.8 Å². The number of rotatable bonds is 11. The third-order valence-corrected chi connectivity index (χ3v) is 7.33. The Hall–Kier alpha value is -6.51. The summed E-state index contributed by atoms with van der Waals surface area (Å²) in [5.74, 6) is 1.48. The van der Waals surface area contributed by atoms with Crippen molar-refractivity contribution in [3.05, 3.63) is 91.4 Å². The van der Waals surface area contributed by atoms with E-state index >= 15 is 0 Å². The fraction of sp³-hybridized carbons (Fsp3) is 0.206. The zero-order valence-electron chi connectivity index (χ0n) is 27.4. The Balaban J connectivity index is 1.13. The zero-order valence-corrected chi connectivity index (χ0v) is 27.4. The van der Waals surface area contributed by atoms with Gasteiger partial charge in [0.1, 0.15) is 34.3 Å². The molecule has 0 aliphatic rings. The Morgan fingerprint density at radius 2 is 0.776 bits per heavy atom. The molecule has 0 aliphatic heterocycles. The summed E-state index contributed by atoms with van der Waals surface area (Å²) in [6.45, 7) is 8.19. The van der Waals surface area contributed by atoms with Gasteiger partial charge in [0, 0.05) is 35.8 Å². The SMILES string of the molecule is CC(C)n1cc(-c2ccc(Oc3nc(Oc4ccc(-c5cn(C)nn5)cc4)nc(Oc4ccc(-c5cn(C(C)C)nn5)cc4)n3)cc2)nn1. The van der Waals surface area contributed by atoms with Crippen LogP contribution in [-0.4, -0.2) is 59.9 Å². The lowest BCUT2D eigenvalue weighted by Gasteiger charge is -2.10. The van der Waals surface area contributed by atoms with E-state index in [4.69, 9.17) is 14.2 Å². The molecule has 0 unspecified atom stereocenters. The highest BCUT2D eigenvalue weighted by molar-refractivity contribution is 5.60. The maximum atomic E-state index is 6.05. The van der Waals surface area contributed by atoms with Crippen molar-refractivity contribution in [1.82, 2.24) is 59.9 Å². The monoisotopic (exact) mass is 656 g/mol. The highest BCUT2D eigenvalue weighted by Crippen LogP contribution is 2.30. The molecule has 0 saturated carbocycles. The molecule has 0 fully saturated rings. The Morgan fingerprint density at radius 3 is 1.06 bits per heavy atom. The molecular formula is C34H32N12O3. The van der Waals surface area contributed by atoms with E-state index in [2.05, 4.69) is 45.9 Å². The van der Waals surface area contributed by atoms with Gasteiger partial charge in [-0.2, -0.15) is 0 Å². The van der Waals surface area contributed by atoms with Gasteiger partial charge >= 0.3 is 18.0 Å². The summed E-state index contributed by atoms with van der Waals surface area (Å²) < 4.78 is 23.4. The molecule has 0 radical (unpaired) electrons. The molecule has 3 aromatic carbocycles. The van der Waals surface area contributed by atoms with Gasteiger partial charge < -0.3 is 14.2 Å². The minimum absolute atomic E-state index is 0.0170. The van der Waals surface area contributed by atoms with Crippen LogP contribution in [0.2, 0.25) is 0 Å². The van der Waals surface area contributed by atoms with Gasteiger partial charge in [-0.1, -0.05) is 15.6 Å². The molecule has 0 aliphatic carbocycles. The predicted molar refractivity (Wildman–Crippen MR) is 178 cm³/mol. The maximum absolute atomic E-state index is 6.05. The van der Waals surface area contributed by atoms with Crippen LogP contribution in [-0.2, 0) is 7.05 Å². The fourth-order valence-electron chi connectivity index (χ4n) is 4.66. The molecule has 0 amide bonds. The molecule has 0 spiro atoms. The molecule has 4 aromatic heterocycles. The molecule has 0 atom stereocenters. The molecule has 7 rings (SSSR count). The second kappa shape index (κ2) is 13.3. The van der Waals surface area contributed by atoms with Crippen LogP contribution in [0.15, 0.2) is 91.4 Å². The molecule has 15 heteroatoms. The fourth-order valence-corrected chi connectivity index (χ4v) is 4.66. The van der Waals surface area contributed by atoms with Crippen molar-refractivity contribution in [1.29, 1.82) is 0 Å². The number of benzene rings is 3. The Bertz CT molecular complexity index is 2060. The second-order valence-electron chi connectivity index (χ2n) is 11.7. The zero-order chi connectivity index (χ0) is 33.9. The third-order valence-electron chi connectivity index (χ3n) is 7.33. The molecule has 246 valence electrons. The minimum Gasteiger partial charge on any atom is -0.424 e. The summed E-state index contributed by atoms with van der Waals surface area (Å²) in [7, 11) is 1.82.